The highest BCUT2D eigenvalue weighted by Gasteiger charge is 2.30. The summed E-state index contributed by atoms with van der Waals surface area (Å²) in [7, 11) is 0. The minimum absolute atomic E-state index is 0.0533. The summed E-state index contributed by atoms with van der Waals surface area (Å²) < 4.78 is 39.8. The molecule has 0 aromatic heterocycles. The van der Waals surface area contributed by atoms with E-state index in [1.165, 1.54) is 36.4 Å². The molecule has 0 amide bonds. The van der Waals surface area contributed by atoms with Crippen molar-refractivity contribution >= 4 is 11.6 Å². The van der Waals surface area contributed by atoms with Crippen LogP contribution in [0.2, 0.25) is 5.02 Å². The van der Waals surface area contributed by atoms with Gasteiger partial charge in [0.2, 0.25) is 0 Å². The maximum atomic E-state index is 12.0. The molecule has 0 radical (unpaired) electrons. The molecule has 0 heterocycles. The average Bonchev–Trinajstić information content (AvgIpc) is 2.32. The second-order valence-corrected chi connectivity index (χ2v) is 4.15. The zero-order valence-corrected chi connectivity index (χ0v) is 10.2. The zero-order valence-electron chi connectivity index (χ0n) is 9.41. The van der Waals surface area contributed by atoms with Crippen LogP contribution in [0.5, 0.6) is 11.5 Å². The van der Waals surface area contributed by atoms with Crippen LogP contribution in [0.4, 0.5) is 13.2 Å². The normalized spacial score (nSPS) is 11.4. The fourth-order valence-corrected chi connectivity index (χ4v) is 1.72. The van der Waals surface area contributed by atoms with E-state index in [-0.39, 0.29) is 16.5 Å². The zero-order chi connectivity index (χ0) is 14.0. The molecule has 0 saturated carbocycles. The van der Waals surface area contributed by atoms with E-state index in [0.717, 1.165) is 0 Å². The Bertz CT molecular complexity index is 579. The van der Waals surface area contributed by atoms with Gasteiger partial charge in [-0.1, -0.05) is 29.8 Å². The number of hydrogen-bond acceptors (Lipinski definition) is 2. The van der Waals surface area contributed by atoms with Gasteiger partial charge >= 0.3 is 6.36 Å². The summed E-state index contributed by atoms with van der Waals surface area (Å²) in [4.78, 5) is 0. The predicted octanol–water partition coefficient (Wildman–Crippen LogP) is 4.61. The van der Waals surface area contributed by atoms with Gasteiger partial charge in [-0.3, -0.25) is 0 Å². The van der Waals surface area contributed by atoms with Crippen molar-refractivity contribution in [2.75, 3.05) is 0 Å². The molecule has 2 nitrogen and oxygen atoms in total. The van der Waals surface area contributed by atoms with Crippen molar-refractivity contribution in [3.63, 3.8) is 0 Å². The summed E-state index contributed by atoms with van der Waals surface area (Å²) in [5.41, 5.74) is 1.35. The number of phenols is 1. The third kappa shape index (κ3) is 3.54. The number of halogens is 4. The molecule has 0 bridgehead atoms. The number of ether oxygens (including phenoxy) is 1. The highest BCUT2D eigenvalue weighted by atomic mass is 35.5. The molecule has 1 N–H and O–H groups in total. The van der Waals surface area contributed by atoms with E-state index in [1.54, 1.807) is 6.07 Å². The summed E-state index contributed by atoms with van der Waals surface area (Å²) >= 11 is 5.76. The molecule has 6 heteroatoms. The summed E-state index contributed by atoms with van der Waals surface area (Å²) in [6, 6.07) is 9.93. The average molecular weight is 289 g/mol. The number of alkyl halides is 3. The van der Waals surface area contributed by atoms with Gasteiger partial charge in [-0.05, 0) is 35.4 Å². The van der Waals surface area contributed by atoms with Gasteiger partial charge in [0.05, 0.1) is 5.02 Å². The molecule has 0 aliphatic rings. The van der Waals surface area contributed by atoms with Crippen LogP contribution in [0.15, 0.2) is 42.5 Å². The van der Waals surface area contributed by atoms with Crippen LogP contribution >= 0.6 is 11.6 Å². The molecule has 2 rings (SSSR count). The Morgan fingerprint density at radius 3 is 2.05 bits per heavy atom. The molecule has 2 aromatic carbocycles. The maximum Gasteiger partial charge on any atom is 0.573 e. The van der Waals surface area contributed by atoms with Gasteiger partial charge in [0.25, 0.3) is 0 Å². The van der Waals surface area contributed by atoms with Crippen molar-refractivity contribution < 1.29 is 23.0 Å². The lowest BCUT2D eigenvalue weighted by Gasteiger charge is -2.09. The van der Waals surface area contributed by atoms with Gasteiger partial charge in [0.15, 0.2) is 0 Å². The smallest absolute Gasteiger partial charge is 0.506 e. The monoisotopic (exact) mass is 288 g/mol. The molecule has 100 valence electrons. The lowest BCUT2D eigenvalue weighted by Crippen LogP contribution is -2.16. The SMILES string of the molecule is Oc1ccc(-c2ccc(OC(F)(F)F)cc2)cc1Cl. The number of rotatable bonds is 2. The Hall–Kier alpha value is -1.88. The predicted molar refractivity (Wildman–Crippen MR) is 65.2 cm³/mol. The minimum Gasteiger partial charge on any atom is -0.506 e. The molecule has 0 saturated heterocycles. The maximum absolute atomic E-state index is 12.0. The van der Waals surface area contributed by atoms with Crippen molar-refractivity contribution in [3.05, 3.63) is 47.5 Å². The van der Waals surface area contributed by atoms with Crippen LogP contribution in [0.25, 0.3) is 11.1 Å². The first-order chi connectivity index (χ1) is 8.85. The molecular formula is C13H8ClF3O2. The topological polar surface area (TPSA) is 29.5 Å². The van der Waals surface area contributed by atoms with Gasteiger partial charge in [-0.2, -0.15) is 0 Å². The Balaban J connectivity index is 2.25. The quantitative estimate of drug-likeness (QED) is 0.874. The first kappa shape index (κ1) is 13.5. The van der Waals surface area contributed by atoms with Crippen LogP contribution in [-0.2, 0) is 0 Å². The van der Waals surface area contributed by atoms with Crippen LogP contribution in [0, 0.1) is 0 Å². The van der Waals surface area contributed by atoms with Crippen molar-refractivity contribution in [2.45, 2.75) is 6.36 Å². The van der Waals surface area contributed by atoms with Crippen molar-refractivity contribution in [3.8, 4) is 22.6 Å². The Morgan fingerprint density at radius 1 is 0.947 bits per heavy atom. The molecule has 2 aromatic rings. The Kier molecular flexibility index (Phi) is 3.57. The van der Waals surface area contributed by atoms with Gasteiger partial charge < -0.3 is 9.84 Å². The van der Waals surface area contributed by atoms with Crippen molar-refractivity contribution in [1.29, 1.82) is 0 Å². The minimum atomic E-state index is -4.70. The highest BCUT2D eigenvalue weighted by molar-refractivity contribution is 6.32. The first-order valence-corrected chi connectivity index (χ1v) is 5.58. The van der Waals surface area contributed by atoms with Gasteiger partial charge in [0.1, 0.15) is 11.5 Å². The third-order valence-electron chi connectivity index (χ3n) is 2.37. The van der Waals surface area contributed by atoms with Gasteiger partial charge in [-0.15, -0.1) is 13.2 Å². The van der Waals surface area contributed by atoms with E-state index in [0.29, 0.717) is 11.1 Å². The first-order valence-electron chi connectivity index (χ1n) is 5.20. The Morgan fingerprint density at radius 2 is 1.53 bits per heavy atom. The largest absolute Gasteiger partial charge is 0.573 e. The Labute approximate surface area is 112 Å². The fourth-order valence-electron chi connectivity index (χ4n) is 1.54. The van der Waals surface area contributed by atoms with E-state index in [1.807, 2.05) is 0 Å². The third-order valence-corrected chi connectivity index (χ3v) is 2.67. The molecule has 0 unspecified atom stereocenters. The lowest BCUT2D eigenvalue weighted by atomic mass is 10.1. The van der Waals surface area contributed by atoms with E-state index < -0.39 is 6.36 Å². The second-order valence-electron chi connectivity index (χ2n) is 3.74. The van der Waals surface area contributed by atoms with E-state index in [2.05, 4.69) is 4.74 Å². The van der Waals surface area contributed by atoms with Crippen LogP contribution in [0.3, 0.4) is 0 Å². The summed E-state index contributed by atoms with van der Waals surface area (Å²) in [6.07, 6.45) is -4.70. The number of phenolic OH excluding ortho intramolecular Hbond substituents is 1. The summed E-state index contributed by atoms with van der Waals surface area (Å²) in [5.74, 6) is -0.344. The molecule has 0 fully saturated rings. The fraction of sp³-hybridized carbons (Fsp3) is 0.0769. The molecule has 0 aliphatic heterocycles. The number of hydrogen-bond donors (Lipinski definition) is 1. The standard InChI is InChI=1S/C13H8ClF3O2/c14-11-7-9(3-6-12(11)18)8-1-4-10(5-2-8)19-13(15,16)17/h1-7,18H. The van der Waals surface area contributed by atoms with Crippen LogP contribution in [-0.4, -0.2) is 11.5 Å². The molecule has 19 heavy (non-hydrogen) atoms. The van der Waals surface area contributed by atoms with Gasteiger partial charge in [-0.25, -0.2) is 0 Å². The van der Waals surface area contributed by atoms with Crippen LogP contribution < -0.4 is 4.74 Å². The second kappa shape index (κ2) is 5.01. The number of benzene rings is 2. The number of aromatic hydroxyl groups is 1. The summed E-state index contributed by atoms with van der Waals surface area (Å²) in [6.45, 7) is 0. The van der Waals surface area contributed by atoms with Crippen molar-refractivity contribution in [2.24, 2.45) is 0 Å². The molecule has 0 spiro atoms. The van der Waals surface area contributed by atoms with E-state index >= 15 is 0 Å². The molecule has 0 atom stereocenters. The molecule has 0 aliphatic carbocycles. The lowest BCUT2D eigenvalue weighted by molar-refractivity contribution is -0.274. The highest BCUT2D eigenvalue weighted by Crippen LogP contribution is 2.31. The summed E-state index contributed by atoms with van der Waals surface area (Å²) in [5, 5.41) is 9.46. The van der Waals surface area contributed by atoms with Crippen LogP contribution in [0.1, 0.15) is 0 Å². The molecular weight excluding hydrogens is 281 g/mol. The van der Waals surface area contributed by atoms with Crippen molar-refractivity contribution in [1.82, 2.24) is 0 Å². The van der Waals surface area contributed by atoms with E-state index in [4.69, 9.17) is 11.6 Å². The van der Waals surface area contributed by atoms with Gasteiger partial charge in [0, 0.05) is 0 Å². The van der Waals surface area contributed by atoms with E-state index in [9.17, 15) is 18.3 Å².